The van der Waals surface area contributed by atoms with Crippen molar-refractivity contribution in [2.45, 2.75) is 26.3 Å². The van der Waals surface area contributed by atoms with E-state index in [9.17, 15) is 9.90 Å². The van der Waals surface area contributed by atoms with Crippen molar-refractivity contribution < 1.29 is 9.90 Å². The van der Waals surface area contributed by atoms with Crippen LogP contribution in [0.3, 0.4) is 0 Å². The van der Waals surface area contributed by atoms with Crippen LogP contribution in [0.25, 0.3) is 0 Å². The first-order valence-electron chi connectivity index (χ1n) is 6.44. The number of hydrogen-bond donors (Lipinski definition) is 1. The van der Waals surface area contributed by atoms with Gasteiger partial charge in [0.15, 0.2) is 0 Å². The normalized spacial score (nSPS) is 19.9. The minimum absolute atomic E-state index is 0.0650. The van der Waals surface area contributed by atoms with Gasteiger partial charge in [0, 0.05) is 5.02 Å². The predicted molar refractivity (Wildman–Crippen MR) is 76.3 cm³/mol. The summed E-state index contributed by atoms with van der Waals surface area (Å²) in [6, 6.07) is 5.74. The predicted octanol–water partition coefficient (Wildman–Crippen LogP) is 3.41. The number of carboxylic acids is 1. The van der Waals surface area contributed by atoms with E-state index in [0.29, 0.717) is 0 Å². The zero-order chi connectivity index (χ0) is 14.5. The summed E-state index contributed by atoms with van der Waals surface area (Å²) in [7, 11) is 0. The molecule has 0 bridgehead atoms. The molecule has 0 aliphatic heterocycles. The van der Waals surface area contributed by atoms with Gasteiger partial charge in [0.2, 0.25) is 0 Å². The zero-order valence-corrected chi connectivity index (χ0v) is 12.1. The molecule has 1 aliphatic rings. The Labute approximate surface area is 122 Å². The molecule has 0 saturated carbocycles. The highest BCUT2D eigenvalue weighted by molar-refractivity contribution is 6.31. The molecule has 4 nitrogen and oxygen atoms in total. The lowest BCUT2D eigenvalue weighted by molar-refractivity contribution is 0.0680. The van der Waals surface area contributed by atoms with Crippen molar-refractivity contribution in [1.29, 1.82) is 0 Å². The minimum Gasteiger partial charge on any atom is -0.477 e. The van der Waals surface area contributed by atoms with Crippen molar-refractivity contribution in [1.82, 2.24) is 9.55 Å². The lowest BCUT2D eigenvalue weighted by atomic mass is 9.85. The molecule has 104 valence electrons. The number of carboxylic acid groups (broad SMARTS) is 1. The lowest BCUT2D eigenvalue weighted by Crippen LogP contribution is -2.26. The van der Waals surface area contributed by atoms with Gasteiger partial charge in [-0.15, -0.1) is 0 Å². The van der Waals surface area contributed by atoms with Crippen LogP contribution in [-0.2, 0) is 6.42 Å². The van der Waals surface area contributed by atoms with Gasteiger partial charge >= 0.3 is 5.97 Å². The molecule has 0 fully saturated rings. The average Bonchev–Trinajstić information content (AvgIpc) is 2.90. The van der Waals surface area contributed by atoms with Crippen molar-refractivity contribution in [3.63, 3.8) is 0 Å². The van der Waals surface area contributed by atoms with Crippen molar-refractivity contribution >= 4 is 17.6 Å². The number of benzene rings is 1. The molecular formula is C15H15ClN2O2. The fourth-order valence-electron chi connectivity index (χ4n) is 3.19. The molecule has 1 aromatic carbocycles. The Bertz CT molecular complexity index is 691. The summed E-state index contributed by atoms with van der Waals surface area (Å²) in [4.78, 5) is 15.3. The second kappa shape index (κ2) is 4.35. The molecule has 1 heterocycles. The highest BCUT2D eigenvalue weighted by Gasteiger charge is 2.42. The Morgan fingerprint density at radius 1 is 1.50 bits per heavy atom. The first-order chi connectivity index (χ1) is 9.42. The van der Waals surface area contributed by atoms with E-state index in [2.05, 4.69) is 18.8 Å². The molecule has 0 amide bonds. The molecule has 1 atom stereocenters. The number of nitrogens with zero attached hydrogens (tertiary/aromatic N) is 2. The van der Waals surface area contributed by atoms with Gasteiger partial charge in [0.25, 0.3) is 0 Å². The first-order valence-corrected chi connectivity index (χ1v) is 6.82. The molecule has 0 saturated heterocycles. The fourth-order valence-corrected chi connectivity index (χ4v) is 3.44. The Hall–Kier alpha value is -1.81. The summed E-state index contributed by atoms with van der Waals surface area (Å²) in [5, 5.41) is 10.0. The number of aromatic carboxylic acids is 1. The maximum Gasteiger partial charge on any atom is 0.354 e. The smallest absolute Gasteiger partial charge is 0.354 e. The molecule has 1 aliphatic carbocycles. The van der Waals surface area contributed by atoms with Crippen LogP contribution in [0.4, 0.5) is 0 Å². The summed E-state index contributed by atoms with van der Waals surface area (Å²) in [5.41, 5.74) is 2.28. The number of fused-ring (bicyclic) bond motifs is 1. The van der Waals surface area contributed by atoms with Crippen molar-refractivity contribution in [2.24, 2.45) is 5.41 Å². The summed E-state index contributed by atoms with van der Waals surface area (Å²) < 4.78 is 1.74. The van der Waals surface area contributed by atoms with E-state index in [-0.39, 0.29) is 17.2 Å². The van der Waals surface area contributed by atoms with Crippen LogP contribution >= 0.6 is 11.6 Å². The topological polar surface area (TPSA) is 55.1 Å². The average molecular weight is 291 g/mol. The molecule has 1 N–H and O–H groups in total. The summed E-state index contributed by atoms with van der Waals surface area (Å²) in [6.07, 6.45) is 3.80. The minimum atomic E-state index is -0.964. The highest BCUT2D eigenvalue weighted by Crippen LogP contribution is 2.49. The standard InChI is InChI=1S/C15H15ClN2O2/c1-15(2)6-10-9(4-3-5-11(10)16)13(15)18-8-17-7-12(18)14(19)20/h3-5,7-8,13H,6H2,1-2H3,(H,19,20). The van der Waals surface area contributed by atoms with Gasteiger partial charge in [-0.3, -0.25) is 0 Å². The monoisotopic (exact) mass is 290 g/mol. The van der Waals surface area contributed by atoms with Gasteiger partial charge in [-0.05, 0) is 29.0 Å². The third-order valence-electron chi connectivity index (χ3n) is 3.99. The molecule has 1 unspecified atom stereocenters. The van der Waals surface area contributed by atoms with Crippen molar-refractivity contribution in [3.05, 3.63) is 52.6 Å². The molecular weight excluding hydrogens is 276 g/mol. The van der Waals surface area contributed by atoms with Crippen LogP contribution < -0.4 is 0 Å². The van der Waals surface area contributed by atoms with Crippen LogP contribution in [0.15, 0.2) is 30.7 Å². The zero-order valence-electron chi connectivity index (χ0n) is 11.3. The molecule has 2 aromatic rings. The maximum atomic E-state index is 11.3. The van der Waals surface area contributed by atoms with Gasteiger partial charge in [-0.25, -0.2) is 9.78 Å². The molecule has 0 radical (unpaired) electrons. The summed E-state index contributed by atoms with van der Waals surface area (Å²) in [5.74, 6) is -0.964. The molecule has 3 rings (SSSR count). The third-order valence-corrected chi connectivity index (χ3v) is 4.34. The molecule has 5 heteroatoms. The summed E-state index contributed by atoms with van der Waals surface area (Å²) in [6.45, 7) is 4.25. The number of halogens is 1. The van der Waals surface area contributed by atoms with E-state index in [0.717, 1.165) is 22.6 Å². The van der Waals surface area contributed by atoms with Gasteiger partial charge in [0.05, 0.1) is 18.6 Å². The van der Waals surface area contributed by atoms with Crippen LogP contribution in [-0.4, -0.2) is 20.6 Å². The van der Waals surface area contributed by atoms with Gasteiger partial charge in [-0.1, -0.05) is 37.6 Å². The van der Waals surface area contributed by atoms with E-state index >= 15 is 0 Å². The van der Waals surface area contributed by atoms with E-state index in [1.807, 2.05) is 18.2 Å². The lowest BCUT2D eigenvalue weighted by Gasteiger charge is -2.29. The van der Waals surface area contributed by atoms with Crippen LogP contribution in [0, 0.1) is 5.41 Å². The number of imidazole rings is 1. The quantitative estimate of drug-likeness (QED) is 0.922. The fraction of sp³-hybridized carbons (Fsp3) is 0.333. The molecule has 0 spiro atoms. The van der Waals surface area contributed by atoms with Crippen LogP contribution in [0.2, 0.25) is 5.02 Å². The number of aromatic nitrogens is 2. The first kappa shape index (κ1) is 13.2. The van der Waals surface area contributed by atoms with Gasteiger partial charge in [0.1, 0.15) is 5.69 Å². The highest BCUT2D eigenvalue weighted by atomic mass is 35.5. The van der Waals surface area contributed by atoms with E-state index in [1.54, 1.807) is 10.9 Å². The second-order valence-corrected chi connectivity index (χ2v) is 6.27. The van der Waals surface area contributed by atoms with E-state index in [4.69, 9.17) is 11.6 Å². The van der Waals surface area contributed by atoms with Crippen molar-refractivity contribution in [3.8, 4) is 0 Å². The Kier molecular flexibility index (Phi) is 2.87. The third kappa shape index (κ3) is 1.83. The Balaban J connectivity index is 2.21. The Morgan fingerprint density at radius 3 is 2.95 bits per heavy atom. The maximum absolute atomic E-state index is 11.3. The Morgan fingerprint density at radius 2 is 2.25 bits per heavy atom. The number of hydrogen-bond acceptors (Lipinski definition) is 2. The SMILES string of the molecule is CC1(C)Cc2c(Cl)cccc2C1n1cncc1C(=O)O. The largest absolute Gasteiger partial charge is 0.477 e. The van der Waals surface area contributed by atoms with Crippen LogP contribution in [0.1, 0.15) is 41.5 Å². The van der Waals surface area contributed by atoms with Crippen LogP contribution in [0.5, 0.6) is 0 Å². The number of carbonyl (C=O) groups is 1. The second-order valence-electron chi connectivity index (χ2n) is 5.87. The number of rotatable bonds is 2. The molecule has 20 heavy (non-hydrogen) atoms. The van der Waals surface area contributed by atoms with E-state index < -0.39 is 5.97 Å². The van der Waals surface area contributed by atoms with E-state index in [1.165, 1.54) is 6.20 Å². The van der Waals surface area contributed by atoms with Gasteiger partial charge < -0.3 is 9.67 Å². The summed E-state index contributed by atoms with van der Waals surface area (Å²) >= 11 is 6.28. The van der Waals surface area contributed by atoms with Gasteiger partial charge in [-0.2, -0.15) is 0 Å². The molecule has 1 aromatic heterocycles. The van der Waals surface area contributed by atoms with Crippen molar-refractivity contribution in [2.75, 3.05) is 0 Å².